The van der Waals surface area contributed by atoms with Crippen LogP contribution < -0.4 is 0 Å². The monoisotopic (exact) mass is 534 g/mol. The summed E-state index contributed by atoms with van der Waals surface area (Å²) in [5, 5.41) is 10.9. The average molecular weight is 535 g/mol. The number of aryl methyl sites for hydroxylation is 1. The van der Waals surface area contributed by atoms with E-state index >= 15 is 0 Å². The first-order valence-corrected chi connectivity index (χ1v) is 15.2. The molecule has 0 nitrogen and oxygen atoms in total. The molecule has 42 heavy (non-hydrogen) atoms. The van der Waals surface area contributed by atoms with Crippen LogP contribution in [0.4, 0.5) is 0 Å². The van der Waals surface area contributed by atoms with Gasteiger partial charge in [-0.25, -0.2) is 0 Å². The molecule has 7 aromatic rings. The summed E-state index contributed by atoms with van der Waals surface area (Å²) in [6, 6.07) is 40.8. The minimum Gasteiger partial charge on any atom is -0.0836 e. The molecule has 0 aromatic heterocycles. The third-order valence-electron chi connectivity index (χ3n) is 9.57. The predicted octanol–water partition coefficient (Wildman–Crippen LogP) is 11.6. The molecule has 0 radical (unpaired) electrons. The Labute approximate surface area is 246 Å². The topological polar surface area (TPSA) is 0 Å². The van der Waals surface area contributed by atoms with E-state index in [1.54, 1.807) is 0 Å². The van der Waals surface area contributed by atoms with Crippen molar-refractivity contribution in [3.05, 3.63) is 144 Å². The minimum absolute atomic E-state index is 1.06. The van der Waals surface area contributed by atoms with Crippen LogP contribution in [0.25, 0.3) is 77.5 Å². The molecule has 0 heterocycles. The van der Waals surface area contributed by atoms with Crippen molar-refractivity contribution >= 4 is 55.2 Å². The van der Waals surface area contributed by atoms with Crippen molar-refractivity contribution in [2.24, 2.45) is 0 Å². The van der Waals surface area contributed by atoms with Gasteiger partial charge in [-0.15, -0.1) is 0 Å². The Morgan fingerprint density at radius 1 is 0.405 bits per heavy atom. The molecule has 0 atom stereocenters. The summed E-state index contributed by atoms with van der Waals surface area (Å²) in [4.78, 5) is 0. The molecule has 0 unspecified atom stereocenters. The van der Waals surface area contributed by atoms with Gasteiger partial charge in [-0.05, 0) is 119 Å². The highest BCUT2D eigenvalue weighted by atomic mass is 14.3. The van der Waals surface area contributed by atoms with Crippen molar-refractivity contribution in [3.8, 4) is 22.3 Å². The van der Waals surface area contributed by atoms with E-state index in [0.29, 0.717) is 0 Å². The summed E-state index contributed by atoms with van der Waals surface area (Å²) < 4.78 is 0. The van der Waals surface area contributed by atoms with Gasteiger partial charge in [0.15, 0.2) is 0 Å². The van der Waals surface area contributed by atoms with Crippen LogP contribution in [0.3, 0.4) is 0 Å². The molecule has 0 spiro atoms. The maximum Gasteiger partial charge on any atom is -0.00233 e. The molecule has 0 saturated carbocycles. The van der Waals surface area contributed by atoms with Gasteiger partial charge in [0.2, 0.25) is 0 Å². The predicted molar refractivity (Wildman–Crippen MR) is 182 cm³/mol. The number of allylic oxidation sites excluding steroid dienone is 2. The summed E-state index contributed by atoms with van der Waals surface area (Å²) in [7, 11) is 0. The van der Waals surface area contributed by atoms with Crippen molar-refractivity contribution in [3.63, 3.8) is 0 Å². The number of benzene rings is 7. The number of rotatable bonds is 2. The third-order valence-corrected chi connectivity index (χ3v) is 9.57. The van der Waals surface area contributed by atoms with E-state index in [1.165, 1.54) is 87.6 Å². The zero-order valence-corrected chi connectivity index (χ0v) is 23.5. The zero-order valence-electron chi connectivity index (χ0n) is 23.5. The quantitative estimate of drug-likeness (QED) is 0.194. The Morgan fingerprint density at radius 2 is 0.976 bits per heavy atom. The van der Waals surface area contributed by atoms with Crippen LogP contribution in [0, 0.1) is 0 Å². The molecule has 7 aromatic carbocycles. The van der Waals surface area contributed by atoms with Crippen LogP contribution in [0.15, 0.2) is 121 Å². The third kappa shape index (κ3) is 3.36. The van der Waals surface area contributed by atoms with Gasteiger partial charge < -0.3 is 0 Å². The smallest absolute Gasteiger partial charge is 0.00233 e. The molecule has 2 aliphatic rings. The summed E-state index contributed by atoms with van der Waals surface area (Å²) in [5.74, 6) is 0. The second-order valence-corrected chi connectivity index (χ2v) is 11.8. The summed E-state index contributed by atoms with van der Waals surface area (Å²) in [5.41, 5.74) is 11.2. The van der Waals surface area contributed by atoms with Crippen molar-refractivity contribution in [1.82, 2.24) is 0 Å². The van der Waals surface area contributed by atoms with Crippen LogP contribution in [-0.2, 0) is 12.8 Å². The van der Waals surface area contributed by atoms with Crippen LogP contribution in [0.5, 0.6) is 0 Å². The van der Waals surface area contributed by atoms with Gasteiger partial charge in [-0.1, -0.05) is 127 Å². The van der Waals surface area contributed by atoms with Gasteiger partial charge in [0.05, 0.1) is 0 Å². The second-order valence-electron chi connectivity index (χ2n) is 11.8. The van der Waals surface area contributed by atoms with Gasteiger partial charge >= 0.3 is 0 Å². The molecule has 0 aliphatic heterocycles. The lowest BCUT2D eigenvalue weighted by molar-refractivity contribution is 0.991. The van der Waals surface area contributed by atoms with Crippen molar-refractivity contribution in [2.75, 3.05) is 0 Å². The molecule has 0 amide bonds. The lowest BCUT2D eigenvalue weighted by Crippen LogP contribution is -2.03. The Balaban J connectivity index is 1.50. The van der Waals surface area contributed by atoms with Crippen molar-refractivity contribution < 1.29 is 0 Å². The Bertz CT molecular complexity index is 2280. The molecular formula is C42H30. The van der Waals surface area contributed by atoms with E-state index in [9.17, 15) is 0 Å². The SMILES string of the molecule is C1=Cc2c(c(-c3ccccc3)c3ccccc3c2-c2cc3c4ccccc4c4c(c3c3ccccc23)C=CCC4)CC1. The van der Waals surface area contributed by atoms with E-state index < -0.39 is 0 Å². The highest BCUT2D eigenvalue weighted by Crippen LogP contribution is 2.49. The lowest BCUT2D eigenvalue weighted by atomic mass is 9.78. The molecule has 0 N–H and O–H groups in total. The van der Waals surface area contributed by atoms with E-state index in [1.807, 2.05) is 0 Å². The fourth-order valence-corrected chi connectivity index (χ4v) is 7.85. The normalized spacial score (nSPS) is 14.1. The van der Waals surface area contributed by atoms with E-state index in [2.05, 4.69) is 133 Å². The number of fused-ring (bicyclic) bond motifs is 10. The van der Waals surface area contributed by atoms with Crippen molar-refractivity contribution in [2.45, 2.75) is 25.7 Å². The standard InChI is InChI=1S/C42H30/c1-2-14-27(15-3-1)40-34-22-10-12-24-36(34)42(37-25-13-11-23-35(37)40)39-26-38-30-18-5-4-16-28(30)29-17-6-8-20-32(29)41(38)33-21-9-7-19-31(33)39/h1-5,7-10,12-16,18-22,24-26H,6,11,17,23H2. The highest BCUT2D eigenvalue weighted by Gasteiger charge is 2.24. The molecule has 2 aliphatic carbocycles. The maximum absolute atomic E-state index is 2.52. The van der Waals surface area contributed by atoms with E-state index in [-0.39, 0.29) is 0 Å². The Hall–Kier alpha value is -4.94. The number of hydrogen-bond acceptors (Lipinski definition) is 0. The largest absolute Gasteiger partial charge is 0.0836 e. The Morgan fingerprint density at radius 3 is 1.74 bits per heavy atom. The van der Waals surface area contributed by atoms with Gasteiger partial charge in [0.1, 0.15) is 0 Å². The van der Waals surface area contributed by atoms with Crippen molar-refractivity contribution in [1.29, 1.82) is 0 Å². The molecule has 0 saturated heterocycles. The fourth-order valence-electron chi connectivity index (χ4n) is 7.85. The molecule has 0 heteroatoms. The van der Waals surface area contributed by atoms with Gasteiger partial charge in [0.25, 0.3) is 0 Å². The van der Waals surface area contributed by atoms with Crippen LogP contribution in [0.2, 0.25) is 0 Å². The first-order chi connectivity index (χ1) is 20.9. The molecular weight excluding hydrogens is 504 g/mol. The van der Waals surface area contributed by atoms with E-state index in [0.717, 1.165) is 25.7 Å². The summed E-state index contributed by atoms with van der Waals surface area (Å²) in [6.07, 6.45) is 13.9. The van der Waals surface area contributed by atoms with Crippen LogP contribution in [-0.4, -0.2) is 0 Å². The maximum atomic E-state index is 2.52. The van der Waals surface area contributed by atoms with Crippen LogP contribution in [0.1, 0.15) is 35.1 Å². The van der Waals surface area contributed by atoms with Gasteiger partial charge in [-0.2, -0.15) is 0 Å². The highest BCUT2D eigenvalue weighted by molar-refractivity contribution is 6.26. The fraction of sp³-hybridized carbons (Fsp3) is 0.0952. The number of hydrogen-bond donors (Lipinski definition) is 0. The van der Waals surface area contributed by atoms with Gasteiger partial charge in [0, 0.05) is 0 Å². The lowest BCUT2D eigenvalue weighted by Gasteiger charge is -2.25. The minimum atomic E-state index is 1.06. The zero-order chi connectivity index (χ0) is 27.6. The summed E-state index contributed by atoms with van der Waals surface area (Å²) in [6.45, 7) is 0. The summed E-state index contributed by atoms with van der Waals surface area (Å²) >= 11 is 0. The first-order valence-electron chi connectivity index (χ1n) is 15.2. The van der Waals surface area contributed by atoms with Gasteiger partial charge in [-0.3, -0.25) is 0 Å². The molecule has 198 valence electrons. The second kappa shape index (κ2) is 9.29. The Kier molecular flexibility index (Phi) is 5.25. The average Bonchev–Trinajstić information content (AvgIpc) is 3.07. The molecule has 0 bridgehead atoms. The molecule has 0 fully saturated rings. The first kappa shape index (κ1) is 23.7. The van der Waals surface area contributed by atoms with Crippen LogP contribution >= 0.6 is 0 Å². The molecule has 9 rings (SSSR count). The van der Waals surface area contributed by atoms with E-state index in [4.69, 9.17) is 0 Å².